The van der Waals surface area contributed by atoms with E-state index in [0.29, 0.717) is 15.8 Å². The molecule has 2 N–H and O–H groups in total. The average Bonchev–Trinajstić information content (AvgIpc) is 2.47. The Kier molecular flexibility index (Phi) is 1.85. The third kappa shape index (κ3) is 1.20. The van der Waals surface area contributed by atoms with Gasteiger partial charge in [-0.25, -0.2) is 4.39 Å². The maximum absolute atomic E-state index is 13.0. The molecule has 0 bridgehead atoms. The van der Waals surface area contributed by atoms with Crippen LogP contribution in [0.15, 0.2) is 17.5 Å². The largest absolute Gasteiger partial charge is 0.398 e. The van der Waals surface area contributed by atoms with Crippen molar-refractivity contribution in [3.8, 4) is 0 Å². The third-order valence-electron chi connectivity index (χ3n) is 1.85. The van der Waals surface area contributed by atoms with Crippen LogP contribution in [0.3, 0.4) is 0 Å². The van der Waals surface area contributed by atoms with Crippen LogP contribution >= 0.6 is 11.3 Å². The number of thiophene rings is 1. The molecule has 2 aromatic rings. The molecule has 0 saturated carbocycles. The Bertz CT molecular complexity index is 523. The zero-order valence-electron chi connectivity index (χ0n) is 6.86. The van der Waals surface area contributed by atoms with E-state index >= 15 is 0 Å². The SMILES string of the molecule is Nc1csc2c([N+](=O)[O-])cc(F)cc12. The number of fused-ring (bicyclic) bond motifs is 1. The van der Waals surface area contributed by atoms with E-state index in [0.717, 1.165) is 17.4 Å². The van der Waals surface area contributed by atoms with Gasteiger partial charge in [-0.15, -0.1) is 11.3 Å². The summed E-state index contributed by atoms with van der Waals surface area (Å²) in [6.45, 7) is 0. The summed E-state index contributed by atoms with van der Waals surface area (Å²) in [6.07, 6.45) is 0. The molecule has 6 heteroatoms. The van der Waals surface area contributed by atoms with Crippen LogP contribution in [-0.2, 0) is 0 Å². The standard InChI is InChI=1S/C8H5FN2O2S/c9-4-1-5-6(10)3-14-8(5)7(2-4)11(12)13/h1-3H,10H2. The van der Waals surface area contributed by atoms with E-state index in [9.17, 15) is 14.5 Å². The van der Waals surface area contributed by atoms with Gasteiger partial charge in [-0.1, -0.05) is 0 Å². The summed E-state index contributed by atoms with van der Waals surface area (Å²) in [5.74, 6) is -0.644. The van der Waals surface area contributed by atoms with Crippen molar-refractivity contribution in [3.05, 3.63) is 33.4 Å². The first-order valence-corrected chi connectivity index (χ1v) is 4.58. The van der Waals surface area contributed by atoms with Gasteiger partial charge in [-0.05, 0) is 6.07 Å². The molecule has 4 nitrogen and oxygen atoms in total. The number of nitro groups is 1. The van der Waals surface area contributed by atoms with E-state index in [2.05, 4.69) is 0 Å². The minimum Gasteiger partial charge on any atom is -0.398 e. The van der Waals surface area contributed by atoms with Crippen molar-refractivity contribution in [2.75, 3.05) is 5.73 Å². The van der Waals surface area contributed by atoms with Gasteiger partial charge in [-0.2, -0.15) is 0 Å². The molecule has 1 heterocycles. The lowest BCUT2D eigenvalue weighted by molar-refractivity contribution is -0.383. The van der Waals surface area contributed by atoms with E-state index in [1.165, 1.54) is 6.07 Å². The van der Waals surface area contributed by atoms with Crippen LogP contribution in [0.25, 0.3) is 10.1 Å². The number of hydrogen-bond donors (Lipinski definition) is 1. The smallest absolute Gasteiger partial charge is 0.290 e. The number of benzene rings is 1. The monoisotopic (exact) mass is 212 g/mol. The van der Waals surface area contributed by atoms with Gasteiger partial charge in [0.25, 0.3) is 5.69 Å². The van der Waals surface area contributed by atoms with E-state index < -0.39 is 10.7 Å². The van der Waals surface area contributed by atoms with Gasteiger partial charge in [0.1, 0.15) is 10.5 Å². The molecule has 0 amide bonds. The zero-order valence-corrected chi connectivity index (χ0v) is 7.68. The summed E-state index contributed by atoms with van der Waals surface area (Å²) in [5.41, 5.74) is 5.67. The fraction of sp³-hybridized carbons (Fsp3) is 0. The number of rotatable bonds is 1. The highest BCUT2D eigenvalue weighted by molar-refractivity contribution is 7.18. The Morgan fingerprint density at radius 3 is 2.86 bits per heavy atom. The van der Waals surface area contributed by atoms with Crippen LogP contribution in [0.2, 0.25) is 0 Å². The van der Waals surface area contributed by atoms with Crippen molar-refractivity contribution in [1.82, 2.24) is 0 Å². The first-order valence-electron chi connectivity index (χ1n) is 3.70. The molecule has 0 aliphatic heterocycles. The Morgan fingerprint density at radius 1 is 1.50 bits per heavy atom. The Labute approximate surface area is 81.9 Å². The highest BCUT2D eigenvalue weighted by Crippen LogP contribution is 2.35. The molecule has 2 rings (SSSR count). The molecule has 1 aromatic heterocycles. The molecule has 1 aromatic carbocycles. The number of nitrogens with zero attached hydrogens (tertiary/aromatic N) is 1. The van der Waals surface area contributed by atoms with Crippen molar-refractivity contribution >= 4 is 32.8 Å². The maximum atomic E-state index is 13.0. The van der Waals surface area contributed by atoms with E-state index in [-0.39, 0.29) is 5.69 Å². The van der Waals surface area contributed by atoms with Gasteiger partial charge in [0.2, 0.25) is 0 Å². The minimum atomic E-state index is -0.644. The second kappa shape index (κ2) is 2.91. The van der Waals surface area contributed by atoms with Crippen molar-refractivity contribution < 1.29 is 9.31 Å². The van der Waals surface area contributed by atoms with Gasteiger partial charge in [0, 0.05) is 10.8 Å². The van der Waals surface area contributed by atoms with Gasteiger partial charge < -0.3 is 5.73 Å². The number of halogens is 1. The quantitative estimate of drug-likeness (QED) is 0.583. The fourth-order valence-electron chi connectivity index (χ4n) is 1.24. The van der Waals surface area contributed by atoms with Crippen LogP contribution in [0.1, 0.15) is 0 Å². The molecule has 0 atom stereocenters. The number of hydrogen-bond acceptors (Lipinski definition) is 4. The number of nitrogen functional groups attached to an aromatic ring is 1. The molecule has 0 unspecified atom stereocenters. The third-order valence-corrected chi connectivity index (χ3v) is 2.88. The highest BCUT2D eigenvalue weighted by atomic mass is 32.1. The Morgan fingerprint density at radius 2 is 2.21 bits per heavy atom. The van der Waals surface area contributed by atoms with Crippen LogP contribution < -0.4 is 5.73 Å². The van der Waals surface area contributed by atoms with Crippen LogP contribution in [0.4, 0.5) is 15.8 Å². The first kappa shape index (κ1) is 8.89. The van der Waals surface area contributed by atoms with Crippen LogP contribution in [0.5, 0.6) is 0 Å². The van der Waals surface area contributed by atoms with Crippen molar-refractivity contribution in [1.29, 1.82) is 0 Å². The lowest BCUT2D eigenvalue weighted by Crippen LogP contribution is -1.90. The van der Waals surface area contributed by atoms with Gasteiger partial charge in [-0.3, -0.25) is 10.1 Å². The molecular formula is C8H5FN2O2S. The zero-order chi connectivity index (χ0) is 10.3. The summed E-state index contributed by atoms with van der Waals surface area (Å²) >= 11 is 1.14. The topological polar surface area (TPSA) is 69.2 Å². The van der Waals surface area contributed by atoms with Crippen LogP contribution in [0, 0.1) is 15.9 Å². The van der Waals surface area contributed by atoms with E-state index in [1.807, 2.05) is 0 Å². The predicted molar refractivity (Wildman–Crippen MR) is 52.8 cm³/mol. The normalized spacial score (nSPS) is 10.6. The highest BCUT2D eigenvalue weighted by Gasteiger charge is 2.16. The Balaban J connectivity index is 2.88. The number of nitro benzene ring substituents is 1. The summed E-state index contributed by atoms with van der Waals surface area (Å²) in [5, 5.41) is 12.6. The first-order chi connectivity index (χ1) is 6.59. The summed E-state index contributed by atoms with van der Waals surface area (Å²) in [4.78, 5) is 9.97. The molecule has 0 radical (unpaired) electrons. The second-order valence-electron chi connectivity index (χ2n) is 2.75. The number of anilines is 1. The van der Waals surface area contributed by atoms with Crippen LogP contribution in [-0.4, -0.2) is 4.92 Å². The summed E-state index contributed by atoms with van der Waals surface area (Å²) < 4.78 is 13.4. The average molecular weight is 212 g/mol. The lowest BCUT2D eigenvalue weighted by atomic mass is 10.2. The molecule has 0 aliphatic rings. The van der Waals surface area contributed by atoms with Gasteiger partial charge >= 0.3 is 0 Å². The summed E-state index contributed by atoms with van der Waals surface area (Å²) in [6, 6.07) is 2.10. The van der Waals surface area contributed by atoms with Gasteiger partial charge in [0.05, 0.1) is 16.7 Å². The second-order valence-corrected chi connectivity index (χ2v) is 3.63. The molecule has 72 valence electrons. The number of nitrogens with two attached hydrogens (primary N) is 1. The molecule has 0 aliphatic carbocycles. The molecule has 14 heavy (non-hydrogen) atoms. The summed E-state index contributed by atoms with van der Waals surface area (Å²) in [7, 11) is 0. The minimum absolute atomic E-state index is 0.235. The van der Waals surface area contributed by atoms with E-state index in [4.69, 9.17) is 5.73 Å². The number of non-ortho nitro benzene ring substituents is 1. The van der Waals surface area contributed by atoms with Crippen molar-refractivity contribution in [2.24, 2.45) is 0 Å². The Hall–Kier alpha value is -1.69. The molecule has 0 fully saturated rings. The van der Waals surface area contributed by atoms with Crippen molar-refractivity contribution in [3.63, 3.8) is 0 Å². The molecule has 0 saturated heterocycles. The van der Waals surface area contributed by atoms with E-state index in [1.54, 1.807) is 5.38 Å². The predicted octanol–water partition coefficient (Wildman–Crippen LogP) is 2.53. The van der Waals surface area contributed by atoms with Gasteiger partial charge in [0.15, 0.2) is 0 Å². The molecule has 0 spiro atoms. The molecular weight excluding hydrogens is 207 g/mol. The lowest BCUT2D eigenvalue weighted by Gasteiger charge is -1.95. The van der Waals surface area contributed by atoms with Crippen molar-refractivity contribution in [2.45, 2.75) is 0 Å². The maximum Gasteiger partial charge on any atom is 0.290 e. The fourth-order valence-corrected chi connectivity index (χ4v) is 2.17.